The van der Waals surface area contributed by atoms with Crippen LogP contribution in [-0.2, 0) is 39.3 Å². The minimum atomic E-state index is -5.47. The highest BCUT2D eigenvalue weighted by Gasteiger charge is 2.51. The molecule has 164 valence electrons. The van der Waals surface area contributed by atoms with Gasteiger partial charge in [0.05, 0.1) is 9.79 Å². The Morgan fingerprint density at radius 3 is 1.13 bits per heavy atom. The zero-order valence-corrected chi connectivity index (χ0v) is 18.4. The molecule has 0 unspecified atom stereocenters. The van der Waals surface area contributed by atoms with Crippen molar-refractivity contribution in [1.29, 1.82) is 0 Å². The van der Waals surface area contributed by atoms with Gasteiger partial charge >= 0.3 is 8.75 Å². The number of hydrogen-bond donors (Lipinski definition) is 0. The van der Waals surface area contributed by atoms with Crippen LogP contribution in [0.1, 0.15) is 0 Å². The molecule has 0 atom stereocenters. The van der Waals surface area contributed by atoms with Gasteiger partial charge in [0, 0.05) is 0 Å². The van der Waals surface area contributed by atoms with Crippen molar-refractivity contribution >= 4 is 48.1 Å². The lowest BCUT2D eigenvalue weighted by atomic mass is 10.4. The Labute approximate surface area is 177 Å². The maximum Gasteiger partial charge on any atom is 0.500 e. The highest BCUT2D eigenvalue weighted by Crippen LogP contribution is 2.19. The minimum Gasteiger partial charge on any atom is -0.359 e. The Bertz CT molecular complexity index is 1420. The minimum absolute atomic E-state index is 0.628. The molecule has 0 bridgehead atoms. The molecule has 31 heavy (non-hydrogen) atoms. The van der Waals surface area contributed by atoms with E-state index in [1.54, 1.807) is 0 Å². The second-order valence-corrected chi connectivity index (χ2v) is 14.1. The number of hydrogen-bond acceptors (Lipinski definition) is 8. The molecule has 0 saturated carbocycles. The molecule has 0 aliphatic rings. The fraction of sp³-hybridized carbons (Fsp3) is 0.0667. The van der Waals surface area contributed by atoms with Crippen LogP contribution in [-0.4, -0.2) is 57.1 Å². The molecule has 0 spiro atoms. The Kier molecular flexibility index (Phi) is 6.75. The highest BCUT2D eigenvalue weighted by molar-refractivity contribution is 8.39. The van der Waals surface area contributed by atoms with Gasteiger partial charge in [-0.15, -0.1) is 9.58 Å². The van der Waals surface area contributed by atoms with Crippen molar-refractivity contribution < 1.29 is 43.3 Å². The van der Waals surface area contributed by atoms with Gasteiger partial charge in [-0.1, -0.05) is 36.4 Å². The number of benzene rings is 2. The molecule has 2 rings (SSSR count). The third-order valence-corrected chi connectivity index (χ3v) is 13.0. The van der Waals surface area contributed by atoms with E-state index in [-0.39, 0.29) is 0 Å². The fourth-order valence-corrected chi connectivity index (χ4v) is 10.7. The lowest BCUT2D eigenvalue weighted by molar-refractivity contribution is 0.00377. The molecule has 12 nitrogen and oxygen atoms in total. The van der Waals surface area contributed by atoms with E-state index in [0.717, 1.165) is 24.3 Å². The summed E-state index contributed by atoms with van der Waals surface area (Å²) in [6.07, 6.45) is 0. The van der Waals surface area contributed by atoms with E-state index in [9.17, 15) is 33.7 Å². The second-order valence-electron chi connectivity index (χ2n) is 5.71. The van der Waals surface area contributed by atoms with E-state index in [2.05, 4.69) is 9.58 Å². The molecule has 0 saturated heterocycles. The molecule has 0 heterocycles. The van der Waals surface area contributed by atoms with Gasteiger partial charge in [-0.3, -0.25) is 0 Å². The first kappa shape index (κ1) is 24.3. The average molecular weight is 505 g/mol. The number of rotatable bonds is 4. The molecule has 0 N–H and O–H groups in total. The maximum atomic E-state index is 12.5. The third kappa shape index (κ3) is 4.85. The van der Waals surface area contributed by atoms with Gasteiger partial charge in [0.15, 0.2) is 5.08 Å². The lowest BCUT2D eigenvalue weighted by Gasteiger charge is -2.03. The van der Waals surface area contributed by atoms with Crippen molar-refractivity contribution in [3.05, 3.63) is 71.7 Å². The van der Waals surface area contributed by atoms with Crippen molar-refractivity contribution in [2.75, 3.05) is 5.08 Å². The Morgan fingerprint density at radius 1 is 0.581 bits per heavy atom. The summed E-state index contributed by atoms with van der Waals surface area (Å²) >= 11 is 0. The van der Waals surface area contributed by atoms with E-state index >= 15 is 0 Å². The van der Waals surface area contributed by atoms with Crippen LogP contribution in [0.4, 0.5) is 0 Å². The molecule has 16 heteroatoms. The van der Waals surface area contributed by atoms with E-state index < -0.39 is 63.0 Å². The summed E-state index contributed by atoms with van der Waals surface area (Å²) in [6.45, 7) is 0. The molecule has 0 amide bonds. The predicted molar refractivity (Wildman–Crippen MR) is 107 cm³/mol. The first-order chi connectivity index (χ1) is 14.3. The summed E-state index contributed by atoms with van der Waals surface area (Å²) in [7, 11) is -20.9. The van der Waals surface area contributed by atoms with Crippen molar-refractivity contribution in [3.63, 3.8) is 0 Å². The molecule has 0 aromatic heterocycles. The zero-order chi connectivity index (χ0) is 23.5. The monoisotopic (exact) mass is 504 g/mol. The van der Waals surface area contributed by atoms with Crippen molar-refractivity contribution in [2.45, 2.75) is 9.79 Å². The van der Waals surface area contributed by atoms with Crippen LogP contribution < -0.4 is 0 Å². The van der Waals surface area contributed by atoms with Gasteiger partial charge in [0.1, 0.15) is 0 Å². The van der Waals surface area contributed by atoms with Gasteiger partial charge in [0.2, 0.25) is 0 Å². The molecule has 2 aromatic rings. The van der Waals surface area contributed by atoms with Gasteiger partial charge in [0.25, 0.3) is 39.3 Å². The van der Waals surface area contributed by atoms with Crippen LogP contribution in [0.3, 0.4) is 0 Å². The summed E-state index contributed by atoms with van der Waals surface area (Å²) in [5, 5.41) is -2.17. The molecular weight excluding hydrogens is 492 g/mol. The van der Waals surface area contributed by atoms with Crippen molar-refractivity contribution in [2.24, 2.45) is 0 Å². The molecule has 0 radical (unpaired) electrons. The van der Waals surface area contributed by atoms with Crippen LogP contribution in [0.2, 0.25) is 0 Å². The summed E-state index contributed by atoms with van der Waals surface area (Å²) in [4.78, 5) is 3.19. The molecular formula is C15H12N4O8S4. The second kappa shape index (κ2) is 8.63. The molecule has 0 aliphatic heterocycles. The summed E-state index contributed by atoms with van der Waals surface area (Å²) < 4.78 is 96.1. The summed E-state index contributed by atoms with van der Waals surface area (Å²) in [5.41, 5.74) is 18.1. The molecule has 2 aromatic carbocycles. The maximum absolute atomic E-state index is 12.5. The first-order valence-corrected chi connectivity index (χ1v) is 14.1. The van der Waals surface area contributed by atoms with Crippen LogP contribution in [0.5, 0.6) is 0 Å². The average Bonchev–Trinajstić information content (AvgIpc) is 2.68. The molecule has 0 fully saturated rings. The summed E-state index contributed by atoms with van der Waals surface area (Å²) in [5.74, 6) is 0. The standard InChI is InChI=1S/C15H12N4O8S4/c16-18-14(30(24,25)12-7-3-1-4-8-12)28(20,21)11-29(22,23)15(19-17)31(26,27)13-9-5-2-6-10-13/h1-10H,11H2. The van der Waals surface area contributed by atoms with Gasteiger partial charge in [-0.25, -0.2) is 33.7 Å². The van der Waals surface area contributed by atoms with E-state index in [1.165, 1.54) is 36.4 Å². The molecule has 0 aliphatic carbocycles. The van der Waals surface area contributed by atoms with Crippen molar-refractivity contribution in [3.8, 4) is 0 Å². The highest BCUT2D eigenvalue weighted by atomic mass is 32.3. The Balaban J connectivity index is 2.57. The quantitative estimate of drug-likeness (QED) is 0.237. The van der Waals surface area contributed by atoms with E-state index in [4.69, 9.17) is 11.1 Å². The fourth-order valence-electron chi connectivity index (χ4n) is 2.27. The van der Waals surface area contributed by atoms with E-state index in [1.807, 2.05) is 0 Å². The first-order valence-electron chi connectivity index (χ1n) is 7.80. The number of sulfone groups is 4. The Hall–Kier alpha value is -3.00. The SMILES string of the molecule is [N-]=[N+]=C(S(=O)(=O)CS(=O)(=O)C(=[N+]=[N-])S(=O)(=O)c1ccccc1)S(=O)(=O)c1ccccc1. The lowest BCUT2D eigenvalue weighted by Crippen LogP contribution is -2.36. The van der Waals surface area contributed by atoms with Gasteiger partial charge in [-0.05, 0) is 24.3 Å². The smallest absolute Gasteiger partial charge is 0.359 e. The van der Waals surface area contributed by atoms with E-state index in [0.29, 0.717) is 0 Å². The zero-order valence-electron chi connectivity index (χ0n) is 15.2. The van der Waals surface area contributed by atoms with Crippen LogP contribution in [0.15, 0.2) is 70.5 Å². The van der Waals surface area contributed by atoms with Crippen LogP contribution in [0, 0.1) is 0 Å². The van der Waals surface area contributed by atoms with Crippen molar-refractivity contribution in [1.82, 2.24) is 0 Å². The normalized spacial score (nSPS) is 12.4. The third-order valence-electron chi connectivity index (χ3n) is 3.57. The van der Waals surface area contributed by atoms with Crippen LogP contribution >= 0.6 is 0 Å². The summed E-state index contributed by atoms with van der Waals surface area (Å²) in [6, 6.07) is 11.6. The Morgan fingerprint density at radius 2 is 0.871 bits per heavy atom. The number of nitrogens with zero attached hydrogens (tertiary/aromatic N) is 4. The van der Waals surface area contributed by atoms with Gasteiger partial charge in [-0.2, -0.15) is 0 Å². The largest absolute Gasteiger partial charge is 0.500 e. The van der Waals surface area contributed by atoms with Crippen LogP contribution in [0.25, 0.3) is 11.1 Å². The topological polar surface area (TPSA) is 209 Å². The predicted octanol–water partition coefficient (Wildman–Crippen LogP) is -0.107. The van der Waals surface area contributed by atoms with Gasteiger partial charge < -0.3 is 11.1 Å².